The summed E-state index contributed by atoms with van der Waals surface area (Å²) in [5.74, 6) is 0.625. The summed E-state index contributed by atoms with van der Waals surface area (Å²) in [6.45, 7) is 1.90. The first-order valence-corrected chi connectivity index (χ1v) is 5.48. The number of rotatable bonds is 2. The molecule has 0 spiro atoms. The van der Waals surface area contributed by atoms with E-state index in [0.29, 0.717) is 16.5 Å². The molecule has 0 amide bonds. The number of nitrogens with one attached hydrogen (secondary N) is 1. The van der Waals surface area contributed by atoms with E-state index >= 15 is 0 Å². The number of nitriles is 1. The molecule has 17 heavy (non-hydrogen) atoms. The number of aryl methyl sites for hydroxylation is 1. The van der Waals surface area contributed by atoms with Gasteiger partial charge < -0.3 is 5.32 Å². The molecule has 3 nitrogen and oxygen atoms in total. The zero-order valence-corrected chi connectivity index (χ0v) is 9.99. The quantitative estimate of drug-likeness (QED) is 0.819. The van der Waals surface area contributed by atoms with Gasteiger partial charge in [0.05, 0.1) is 11.3 Å². The van der Waals surface area contributed by atoms with Crippen LogP contribution in [0.4, 0.5) is 11.5 Å². The predicted octanol–water partition coefficient (Wildman–Crippen LogP) is 3.66. The summed E-state index contributed by atoms with van der Waals surface area (Å²) in [6.07, 6.45) is 0. The van der Waals surface area contributed by atoms with Crippen LogP contribution in [0.1, 0.15) is 11.1 Å². The van der Waals surface area contributed by atoms with Crippen LogP contribution in [-0.4, -0.2) is 4.98 Å². The lowest BCUT2D eigenvalue weighted by molar-refractivity contribution is 1.29. The molecule has 84 valence electrons. The van der Waals surface area contributed by atoms with Gasteiger partial charge in [0.25, 0.3) is 0 Å². The molecular weight excluding hydrogens is 234 g/mol. The molecule has 2 aromatic rings. The molecule has 0 saturated carbocycles. The molecule has 2 rings (SSSR count). The van der Waals surface area contributed by atoms with Crippen LogP contribution >= 0.6 is 11.6 Å². The smallest absolute Gasteiger partial charge is 0.132 e. The lowest BCUT2D eigenvalue weighted by Crippen LogP contribution is -1.97. The minimum atomic E-state index is 0.418. The van der Waals surface area contributed by atoms with Gasteiger partial charge in [-0.15, -0.1) is 0 Å². The first kappa shape index (κ1) is 11.4. The van der Waals surface area contributed by atoms with Crippen LogP contribution in [0.25, 0.3) is 0 Å². The second-order valence-electron chi connectivity index (χ2n) is 3.58. The largest absolute Gasteiger partial charge is 0.339 e. The van der Waals surface area contributed by atoms with E-state index < -0.39 is 0 Å². The van der Waals surface area contributed by atoms with E-state index in [-0.39, 0.29) is 0 Å². The lowest BCUT2D eigenvalue weighted by Gasteiger charge is -2.08. The lowest BCUT2D eigenvalue weighted by atomic mass is 10.1. The highest BCUT2D eigenvalue weighted by molar-refractivity contribution is 6.29. The summed E-state index contributed by atoms with van der Waals surface area (Å²) in [5, 5.41) is 12.6. The molecule has 1 heterocycles. The Bertz CT molecular complexity index is 587. The second-order valence-corrected chi connectivity index (χ2v) is 3.97. The van der Waals surface area contributed by atoms with Crippen molar-refractivity contribution in [2.45, 2.75) is 6.92 Å². The molecule has 4 heteroatoms. The molecule has 1 aromatic carbocycles. The van der Waals surface area contributed by atoms with Crippen LogP contribution in [0.2, 0.25) is 5.15 Å². The molecule has 0 bridgehead atoms. The molecule has 0 unspecified atom stereocenters. The Hall–Kier alpha value is -2.05. The predicted molar refractivity (Wildman–Crippen MR) is 68.4 cm³/mol. The Balaban J connectivity index is 2.37. The van der Waals surface area contributed by atoms with E-state index in [1.807, 2.05) is 25.1 Å². The van der Waals surface area contributed by atoms with Gasteiger partial charge in [-0.25, -0.2) is 4.98 Å². The molecular formula is C13H10ClN3. The Kier molecular flexibility index (Phi) is 3.27. The minimum Gasteiger partial charge on any atom is -0.339 e. The summed E-state index contributed by atoms with van der Waals surface area (Å²) in [7, 11) is 0. The first-order chi connectivity index (χ1) is 8.20. The number of benzene rings is 1. The van der Waals surface area contributed by atoms with Crippen molar-refractivity contribution in [1.82, 2.24) is 4.98 Å². The van der Waals surface area contributed by atoms with E-state index in [4.69, 9.17) is 16.9 Å². The van der Waals surface area contributed by atoms with Gasteiger partial charge in [0.2, 0.25) is 0 Å². The third-order valence-electron chi connectivity index (χ3n) is 2.36. The van der Waals surface area contributed by atoms with E-state index in [1.165, 1.54) is 0 Å². The van der Waals surface area contributed by atoms with Gasteiger partial charge in [0.1, 0.15) is 17.0 Å². The van der Waals surface area contributed by atoms with Crippen molar-refractivity contribution in [2.75, 3.05) is 5.32 Å². The fourth-order valence-electron chi connectivity index (χ4n) is 1.54. The van der Waals surface area contributed by atoms with E-state index in [9.17, 15) is 0 Å². The highest BCUT2D eigenvalue weighted by Crippen LogP contribution is 2.22. The Morgan fingerprint density at radius 3 is 2.71 bits per heavy atom. The first-order valence-electron chi connectivity index (χ1n) is 5.10. The van der Waals surface area contributed by atoms with Gasteiger partial charge in [0, 0.05) is 0 Å². The van der Waals surface area contributed by atoms with Crippen LogP contribution in [0, 0.1) is 18.3 Å². The van der Waals surface area contributed by atoms with Gasteiger partial charge in [-0.2, -0.15) is 5.26 Å². The van der Waals surface area contributed by atoms with Gasteiger partial charge in [-0.05, 0) is 30.7 Å². The van der Waals surface area contributed by atoms with Crippen molar-refractivity contribution in [2.24, 2.45) is 0 Å². The molecule has 0 aliphatic rings. The van der Waals surface area contributed by atoms with Crippen molar-refractivity contribution < 1.29 is 0 Å². The molecule has 1 N–H and O–H groups in total. The van der Waals surface area contributed by atoms with Crippen LogP contribution < -0.4 is 5.32 Å². The zero-order chi connectivity index (χ0) is 12.3. The number of pyridine rings is 1. The number of halogens is 1. The molecule has 1 aromatic heterocycles. The van der Waals surface area contributed by atoms with Gasteiger partial charge in [-0.1, -0.05) is 29.8 Å². The monoisotopic (exact) mass is 243 g/mol. The van der Waals surface area contributed by atoms with Crippen molar-refractivity contribution in [3.05, 3.63) is 52.7 Å². The number of nitrogens with zero attached hydrogens (tertiary/aromatic N) is 2. The van der Waals surface area contributed by atoms with Crippen molar-refractivity contribution >= 4 is 23.1 Å². The van der Waals surface area contributed by atoms with Crippen molar-refractivity contribution in [3.63, 3.8) is 0 Å². The summed E-state index contributed by atoms with van der Waals surface area (Å²) >= 11 is 5.80. The van der Waals surface area contributed by atoms with Crippen LogP contribution in [0.5, 0.6) is 0 Å². The molecule has 0 aliphatic carbocycles. The normalized spacial score (nSPS) is 9.71. The number of hydrogen-bond acceptors (Lipinski definition) is 3. The highest BCUT2D eigenvalue weighted by atomic mass is 35.5. The third kappa shape index (κ3) is 2.55. The van der Waals surface area contributed by atoms with Gasteiger partial charge in [0.15, 0.2) is 0 Å². The average molecular weight is 244 g/mol. The molecule has 0 fully saturated rings. The highest BCUT2D eigenvalue weighted by Gasteiger charge is 2.05. The maximum Gasteiger partial charge on any atom is 0.132 e. The molecule has 0 aliphatic heterocycles. The zero-order valence-electron chi connectivity index (χ0n) is 9.24. The standard InChI is InChI=1S/C13H10ClN3/c1-9-4-2-5-11(10(9)8-15)16-13-7-3-6-12(14)17-13/h2-7H,1H3,(H,16,17). The van der Waals surface area contributed by atoms with Gasteiger partial charge in [-0.3, -0.25) is 0 Å². The van der Waals surface area contributed by atoms with E-state index in [0.717, 1.165) is 11.3 Å². The van der Waals surface area contributed by atoms with Crippen molar-refractivity contribution in [1.29, 1.82) is 5.26 Å². The maximum absolute atomic E-state index is 9.10. The summed E-state index contributed by atoms with van der Waals surface area (Å²) in [6, 6.07) is 13.1. The Morgan fingerprint density at radius 2 is 2.00 bits per heavy atom. The Morgan fingerprint density at radius 1 is 1.24 bits per heavy atom. The molecule has 0 radical (unpaired) electrons. The SMILES string of the molecule is Cc1cccc(Nc2cccc(Cl)n2)c1C#N. The maximum atomic E-state index is 9.10. The summed E-state index contributed by atoms with van der Waals surface area (Å²) in [5.41, 5.74) is 2.29. The molecule has 0 saturated heterocycles. The van der Waals surface area contributed by atoms with E-state index in [2.05, 4.69) is 16.4 Å². The van der Waals surface area contributed by atoms with E-state index in [1.54, 1.807) is 18.2 Å². The minimum absolute atomic E-state index is 0.418. The van der Waals surface area contributed by atoms with Crippen molar-refractivity contribution in [3.8, 4) is 6.07 Å². The summed E-state index contributed by atoms with van der Waals surface area (Å²) in [4.78, 5) is 4.12. The van der Waals surface area contributed by atoms with Crippen LogP contribution in [0.15, 0.2) is 36.4 Å². The molecule has 0 atom stereocenters. The number of hydrogen-bond donors (Lipinski definition) is 1. The topological polar surface area (TPSA) is 48.7 Å². The van der Waals surface area contributed by atoms with Gasteiger partial charge >= 0.3 is 0 Å². The fraction of sp³-hybridized carbons (Fsp3) is 0.0769. The number of aromatic nitrogens is 1. The summed E-state index contributed by atoms with van der Waals surface area (Å²) < 4.78 is 0. The second kappa shape index (κ2) is 4.86. The Labute approximate surface area is 105 Å². The van der Waals surface area contributed by atoms with Crippen LogP contribution in [0.3, 0.4) is 0 Å². The average Bonchev–Trinajstić information content (AvgIpc) is 2.29. The van der Waals surface area contributed by atoms with Crippen LogP contribution in [-0.2, 0) is 0 Å². The third-order valence-corrected chi connectivity index (χ3v) is 2.57. The number of anilines is 2. The fourth-order valence-corrected chi connectivity index (χ4v) is 1.70.